The fourth-order valence-electron chi connectivity index (χ4n) is 4.10. The molecule has 1 aliphatic rings. The SMILES string of the molecule is COc1ccc2ncc(F)c(CCN3CCC(C)(NC(=O)OCc4ccccc4)CC3)c2n1. The third kappa shape index (κ3) is 5.76. The van der Waals surface area contributed by atoms with Crippen molar-refractivity contribution in [1.29, 1.82) is 0 Å². The minimum Gasteiger partial charge on any atom is -0.481 e. The van der Waals surface area contributed by atoms with E-state index in [2.05, 4.69) is 20.2 Å². The minimum atomic E-state index is -0.403. The van der Waals surface area contributed by atoms with Crippen molar-refractivity contribution in [1.82, 2.24) is 20.2 Å². The molecule has 1 fully saturated rings. The van der Waals surface area contributed by atoms with E-state index >= 15 is 0 Å². The van der Waals surface area contributed by atoms with Gasteiger partial charge in [0, 0.05) is 36.8 Å². The van der Waals surface area contributed by atoms with Gasteiger partial charge in [-0.05, 0) is 37.8 Å². The third-order valence-electron chi connectivity index (χ3n) is 6.20. The molecule has 1 saturated heterocycles. The number of alkyl carbamates (subject to hydrolysis) is 1. The van der Waals surface area contributed by atoms with Crippen molar-refractivity contribution < 1.29 is 18.7 Å². The number of methoxy groups -OCH3 is 1. The van der Waals surface area contributed by atoms with E-state index in [4.69, 9.17) is 9.47 Å². The normalized spacial score (nSPS) is 15.8. The van der Waals surface area contributed by atoms with Gasteiger partial charge in [0.25, 0.3) is 0 Å². The molecule has 1 N–H and O–H groups in total. The monoisotopic (exact) mass is 452 g/mol. The van der Waals surface area contributed by atoms with E-state index in [-0.39, 0.29) is 18.0 Å². The topological polar surface area (TPSA) is 76.6 Å². The zero-order chi connectivity index (χ0) is 23.3. The fraction of sp³-hybridized carbons (Fsp3) is 0.400. The molecule has 0 bridgehead atoms. The Balaban J connectivity index is 1.29. The smallest absolute Gasteiger partial charge is 0.407 e. The number of pyridine rings is 2. The first-order valence-corrected chi connectivity index (χ1v) is 11.2. The number of piperidine rings is 1. The van der Waals surface area contributed by atoms with Gasteiger partial charge in [0.05, 0.1) is 24.3 Å². The summed E-state index contributed by atoms with van der Waals surface area (Å²) in [7, 11) is 1.54. The van der Waals surface area contributed by atoms with Gasteiger partial charge in [0.1, 0.15) is 12.4 Å². The number of carbonyl (C=O) groups is 1. The summed E-state index contributed by atoms with van der Waals surface area (Å²) in [6, 6.07) is 13.1. The summed E-state index contributed by atoms with van der Waals surface area (Å²) in [6.45, 7) is 4.59. The molecule has 0 unspecified atom stereocenters. The Hall–Kier alpha value is -3.26. The van der Waals surface area contributed by atoms with Crippen molar-refractivity contribution in [3.63, 3.8) is 0 Å². The Kier molecular flexibility index (Phi) is 7.03. The molecule has 33 heavy (non-hydrogen) atoms. The highest BCUT2D eigenvalue weighted by molar-refractivity contribution is 5.78. The Bertz CT molecular complexity index is 1100. The van der Waals surface area contributed by atoms with Crippen LogP contribution in [0, 0.1) is 5.82 Å². The van der Waals surface area contributed by atoms with Crippen molar-refractivity contribution in [3.8, 4) is 5.88 Å². The molecule has 4 rings (SSSR count). The van der Waals surface area contributed by atoms with E-state index in [9.17, 15) is 9.18 Å². The van der Waals surface area contributed by atoms with Crippen molar-refractivity contribution >= 4 is 17.1 Å². The molecule has 7 nitrogen and oxygen atoms in total. The van der Waals surface area contributed by atoms with Gasteiger partial charge in [-0.25, -0.2) is 14.2 Å². The van der Waals surface area contributed by atoms with E-state index in [0.717, 1.165) is 31.5 Å². The molecule has 3 aromatic rings. The molecule has 0 saturated carbocycles. The van der Waals surface area contributed by atoms with Crippen LogP contribution in [-0.2, 0) is 17.8 Å². The van der Waals surface area contributed by atoms with Gasteiger partial charge >= 0.3 is 6.09 Å². The average Bonchev–Trinajstić information content (AvgIpc) is 2.83. The third-order valence-corrected chi connectivity index (χ3v) is 6.20. The zero-order valence-electron chi connectivity index (χ0n) is 19.0. The first-order chi connectivity index (χ1) is 16.0. The van der Waals surface area contributed by atoms with Crippen LogP contribution in [0.4, 0.5) is 9.18 Å². The van der Waals surface area contributed by atoms with Crippen LogP contribution < -0.4 is 10.1 Å². The number of carbonyl (C=O) groups excluding carboxylic acids is 1. The van der Waals surface area contributed by atoms with Crippen LogP contribution in [0.25, 0.3) is 11.0 Å². The quantitative estimate of drug-likeness (QED) is 0.582. The van der Waals surface area contributed by atoms with Crippen molar-refractivity contribution in [2.24, 2.45) is 0 Å². The Morgan fingerprint density at radius 2 is 1.94 bits per heavy atom. The lowest BCUT2D eigenvalue weighted by molar-refractivity contribution is 0.105. The molecule has 1 aromatic carbocycles. The lowest BCUT2D eigenvalue weighted by atomic mass is 9.89. The Morgan fingerprint density at radius 3 is 2.67 bits per heavy atom. The molecular weight excluding hydrogens is 423 g/mol. The van der Waals surface area contributed by atoms with Crippen LogP contribution in [0.2, 0.25) is 0 Å². The molecule has 8 heteroatoms. The van der Waals surface area contributed by atoms with Crippen LogP contribution in [0.3, 0.4) is 0 Å². The highest BCUT2D eigenvalue weighted by Crippen LogP contribution is 2.24. The maximum Gasteiger partial charge on any atom is 0.407 e. The molecule has 3 heterocycles. The first-order valence-electron chi connectivity index (χ1n) is 11.2. The lowest BCUT2D eigenvalue weighted by Gasteiger charge is -2.39. The zero-order valence-corrected chi connectivity index (χ0v) is 19.0. The number of fused-ring (bicyclic) bond motifs is 1. The highest BCUT2D eigenvalue weighted by atomic mass is 19.1. The summed E-state index contributed by atoms with van der Waals surface area (Å²) in [5.74, 6) is 0.0862. The maximum atomic E-state index is 14.5. The first kappa shape index (κ1) is 22.9. The Morgan fingerprint density at radius 1 is 1.18 bits per heavy atom. The van der Waals surface area contributed by atoms with E-state index in [1.54, 1.807) is 12.1 Å². The van der Waals surface area contributed by atoms with Crippen LogP contribution in [0.1, 0.15) is 30.9 Å². The molecule has 174 valence electrons. The number of halogens is 1. The number of nitrogens with zero attached hydrogens (tertiary/aromatic N) is 3. The molecule has 0 spiro atoms. The van der Waals surface area contributed by atoms with E-state index in [0.29, 0.717) is 35.4 Å². The summed E-state index contributed by atoms with van der Waals surface area (Å²) in [5, 5.41) is 3.03. The molecule has 1 amide bonds. The van der Waals surface area contributed by atoms with Gasteiger partial charge in [-0.15, -0.1) is 0 Å². The second kappa shape index (κ2) is 10.1. The number of rotatable bonds is 7. The number of hydrogen-bond donors (Lipinski definition) is 1. The number of aromatic nitrogens is 2. The number of likely N-dealkylation sites (tertiary alicyclic amines) is 1. The second-order valence-electron chi connectivity index (χ2n) is 8.65. The molecule has 0 atom stereocenters. The summed E-state index contributed by atoms with van der Waals surface area (Å²) in [6.07, 6.45) is 2.96. The van der Waals surface area contributed by atoms with Gasteiger partial charge in [0.15, 0.2) is 0 Å². The Labute approximate surface area is 192 Å². The van der Waals surface area contributed by atoms with Gasteiger partial charge in [0.2, 0.25) is 5.88 Å². The standard InChI is InChI=1S/C25H29FN4O3/c1-25(29-24(31)33-17-18-6-4-3-5-7-18)11-14-30(15-12-25)13-10-19-20(26)16-27-21-8-9-22(32-2)28-23(19)21/h3-9,16H,10-15,17H2,1-2H3,(H,29,31). The fourth-order valence-corrected chi connectivity index (χ4v) is 4.10. The number of amides is 1. The largest absolute Gasteiger partial charge is 0.481 e. The molecule has 0 aliphatic carbocycles. The molecule has 1 aliphatic heterocycles. The van der Waals surface area contributed by atoms with Gasteiger partial charge < -0.3 is 19.7 Å². The minimum absolute atomic E-state index is 0.249. The predicted molar refractivity (Wildman–Crippen MR) is 124 cm³/mol. The van der Waals surface area contributed by atoms with Gasteiger partial charge in [-0.1, -0.05) is 30.3 Å². The van der Waals surface area contributed by atoms with Crippen LogP contribution >= 0.6 is 0 Å². The van der Waals surface area contributed by atoms with Crippen LogP contribution in [0.15, 0.2) is 48.7 Å². The van der Waals surface area contributed by atoms with Crippen LogP contribution in [-0.4, -0.2) is 53.2 Å². The van der Waals surface area contributed by atoms with Gasteiger partial charge in [-0.2, -0.15) is 0 Å². The lowest BCUT2D eigenvalue weighted by Crippen LogP contribution is -2.53. The number of hydrogen-bond acceptors (Lipinski definition) is 6. The molecular formula is C25H29FN4O3. The van der Waals surface area contributed by atoms with Gasteiger partial charge in [-0.3, -0.25) is 4.98 Å². The summed E-state index contributed by atoms with van der Waals surface area (Å²) >= 11 is 0. The summed E-state index contributed by atoms with van der Waals surface area (Å²) < 4.78 is 25.1. The van der Waals surface area contributed by atoms with Crippen LogP contribution in [0.5, 0.6) is 5.88 Å². The van der Waals surface area contributed by atoms with E-state index in [1.165, 1.54) is 13.3 Å². The second-order valence-corrected chi connectivity index (χ2v) is 8.65. The molecule has 2 aromatic heterocycles. The van der Waals surface area contributed by atoms with Crippen molar-refractivity contribution in [2.75, 3.05) is 26.7 Å². The van der Waals surface area contributed by atoms with E-state index < -0.39 is 6.09 Å². The van der Waals surface area contributed by atoms with E-state index in [1.807, 2.05) is 37.3 Å². The summed E-state index contributed by atoms with van der Waals surface area (Å²) in [5.41, 5.74) is 2.37. The number of nitrogens with one attached hydrogen (secondary N) is 1. The summed E-state index contributed by atoms with van der Waals surface area (Å²) in [4.78, 5) is 23.1. The van der Waals surface area contributed by atoms with Crippen molar-refractivity contribution in [3.05, 3.63) is 65.6 Å². The van der Waals surface area contributed by atoms with Crippen molar-refractivity contribution in [2.45, 2.75) is 38.3 Å². The predicted octanol–water partition coefficient (Wildman–Crippen LogP) is 4.10. The molecule has 0 radical (unpaired) electrons. The number of ether oxygens (including phenoxy) is 2. The number of benzene rings is 1. The highest BCUT2D eigenvalue weighted by Gasteiger charge is 2.32. The maximum absolute atomic E-state index is 14.5. The average molecular weight is 453 g/mol.